The van der Waals surface area contributed by atoms with Gasteiger partial charge in [-0.15, -0.1) is 0 Å². The van der Waals surface area contributed by atoms with Crippen LogP contribution in [0.25, 0.3) is 0 Å². The van der Waals surface area contributed by atoms with Crippen LogP contribution in [-0.2, 0) is 40.8 Å². The Morgan fingerprint density at radius 2 is 1.04 bits per heavy atom. The van der Waals surface area contributed by atoms with Gasteiger partial charge in [-0.2, -0.15) is 0 Å². The Hall–Kier alpha value is 0.388. The molecule has 0 aliphatic carbocycles. The summed E-state index contributed by atoms with van der Waals surface area (Å²) in [7, 11) is -6.71. The van der Waals surface area contributed by atoms with Crippen LogP contribution in [0.5, 0.6) is 0 Å². The van der Waals surface area contributed by atoms with Gasteiger partial charge < -0.3 is 56.9 Å². The van der Waals surface area contributed by atoms with Crippen molar-refractivity contribution in [2.75, 3.05) is 92.3 Å². The number of aliphatic hydroxyl groups excluding tert-OH is 1. The fraction of sp³-hybridized carbons (Fsp3) is 1.00. The molecule has 0 bridgehead atoms. The first-order chi connectivity index (χ1) is 25.1. The van der Waals surface area contributed by atoms with Gasteiger partial charge in [0.2, 0.25) is 0 Å². The van der Waals surface area contributed by atoms with Crippen molar-refractivity contribution in [2.45, 2.75) is 149 Å². The first kappa shape index (κ1) is 55.5. The van der Waals surface area contributed by atoms with Crippen LogP contribution in [-0.4, -0.2) is 143 Å². The third-order valence-electron chi connectivity index (χ3n) is 7.79. The van der Waals surface area contributed by atoms with E-state index in [-0.39, 0.29) is 0 Å². The number of hydrogen-bond acceptors (Lipinski definition) is 12. The molecule has 4 N–H and O–H groups in total. The molecule has 1 fully saturated rings. The van der Waals surface area contributed by atoms with Crippen molar-refractivity contribution in [1.82, 2.24) is 5.32 Å². The summed E-state index contributed by atoms with van der Waals surface area (Å²) < 4.78 is 50.6. The fourth-order valence-corrected chi connectivity index (χ4v) is 13.0. The standard InChI is InChI=1S/C19H45NO5Si2.C9H23NO3Si.C9H20O2Si/c1-7-23-27(24-8-2,25-9-3)16-11-10-13-20-17-19(21)18-22-14-12-15-26(4,5)6;1-4-11-14(12-5-2,13-6-3)9-7-8-10;1-12(2,3)6-4-5-10-7-9-8-11-9/h19-21H,7-18H2,1-6H3;4-10H2,1-3H3;9H,4-8H2,1-3H3. The van der Waals surface area contributed by atoms with Crippen molar-refractivity contribution in [1.29, 1.82) is 0 Å². The number of hydrogen-bond donors (Lipinski definition) is 3. The average Bonchev–Trinajstić information content (AvgIpc) is 3.90. The van der Waals surface area contributed by atoms with E-state index < -0.39 is 39.9 Å². The molecule has 1 heterocycles. The minimum absolute atomic E-state index is 0.410. The normalized spacial score (nSPS) is 15.4. The lowest BCUT2D eigenvalue weighted by atomic mass is 10.3. The van der Waals surface area contributed by atoms with Crippen molar-refractivity contribution in [2.24, 2.45) is 5.73 Å². The summed E-state index contributed by atoms with van der Waals surface area (Å²) in [4.78, 5) is 0. The molecule has 2 unspecified atom stereocenters. The minimum Gasteiger partial charge on any atom is -0.389 e. The fourth-order valence-electron chi connectivity index (χ4n) is 5.25. The van der Waals surface area contributed by atoms with E-state index in [1.807, 2.05) is 41.5 Å². The maximum absolute atomic E-state index is 9.97. The van der Waals surface area contributed by atoms with Crippen molar-refractivity contribution in [3.8, 4) is 0 Å². The Morgan fingerprint density at radius 3 is 1.42 bits per heavy atom. The third kappa shape index (κ3) is 36.5. The Bertz CT molecular complexity index is 760. The van der Waals surface area contributed by atoms with Crippen LogP contribution in [0.4, 0.5) is 0 Å². The lowest BCUT2D eigenvalue weighted by Gasteiger charge is -2.28. The molecule has 0 spiro atoms. The zero-order valence-electron chi connectivity index (χ0n) is 36.6. The largest absolute Gasteiger partial charge is 0.500 e. The lowest BCUT2D eigenvalue weighted by Crippen LogP contribution is -2.46. The molecule has 0 radical (unpaired) electrons. The maximum atomic E-state index is 9.97. The maximum Gasteiger partial charge on any atom is 0.500 e. The molecule has 12 nitrogen and oxygen atoms in total. The summed E-state index contributed by atoms with van der Waals surface area (Å²) in [5.41, 5.74) is 5.48. The predicted molar refractivity (Wildman–Crippen MR) is 230 cm³/mol. The van der Waals surface area contributed by atoms with Crippen LogP contribution in [0.15, 0.2) is 0 Å². The molecule has 1 aliphatic rings. The average molecular weight is 833 g/mol. The Balaban J connectivity index is 0. The lowest BCUT2D eigenvalue weighted by molar-refractivity contribution is 0.0373. The van der Waals surface area contributed by atoms with Gasteiger partial charge in [0.25, 0.3) is 0 Å². The van der Waals surface area contributed by atoms with Gasteiger partial charge in [-0.25, -0.2) is 0 Å². The van der Waals surface area contributed by atoms with Crippen LogP contribution >= 0.6 is 0 Å². The molecule has 1 saturated heterocycles. The van der Waals surface area contributed by atoms with E-state index >= 15 is 0 Å². The minimum atomic E-state index is -2.51. The van der Waals surface area contributed by atoms with Gasteiger partial charge in [-0.05, 0) is 86.7 Å². The van der Waals surface area contributed by atoms with E-state index in [9.17, 15) is 5.11 Å². The second kappa shape index (κ2) is 34.4. The molecule has 0 aromatic carbocycles. The second-order valence-electron chi connectivity index (χ2n) is 15.6. The van der Waals surface area contributed by atoms with Gasteiger partial charge in [0, 0.05) is 87.6 Å². The van der Waals surface area contributed by atoms with Crippen LogP contribution < -0.4 is 11.1 Å². The van der Waals surface area contributed by atoms with Gasteiger partial charge >= 0.3 is 17.6 Å². The Kier molecular flexibility index (Phi) is 36.0. The summed E-state index contributed by atoms with van der Waals surface area (Å²) in [5, 5.41) is 13.3. The number of aliphatic hydroxyl groups is 1. The summed E-state index contributed by atoms with van der Waals surface area (Å²) in [6, 6.07) is 4.31. The number of ether oxygens (including phenoxy) is 3. The van der Waals surface area contributed by atoms with E-state index in [0.717, 1.165) is 70.7 Å². The van der Waals surface area contributed by atoms with Crippen molar-refractivity contribution < 1.29 is 45.9 Å². The van der Waals surface area contributed by atoms with Gasteiger partial charge in [-0.3, -0.25) is 0 Å². The molecule has 1 rings (SSSR count). The number of unbranched alkanes of at least 4 members (excludes halogenated alkanes) is 1. The molecule has 0 aromatic rings. The van der Waals surface area contributed by atoms with Crippen LogP contribution in [0.3, 0.4) is 0 Å². The highest BCUT2D eigenvalue weighted by Crippen LogP contribution is 2.20. The van der Waals surface area contributed by atoms with Gasteiger partial charge in [0.05, 0.1) is 25.9 Å². The smallest absolute Gasteiger partial charge is 0.389 e. The van der Waals surface area contributed by atoms with E-state index in [4.69, 9.17) is 46.5 Å². The Morgan fingerprint density at radius 1 is 0.623 bits per heavy atom. The first-order valence-corrected chi connectivity index (χ1v) is 32.1. The molecule has 1 aliphatic heterocycles. The molecule has 0 amide bonds. The van der Waals surface area contributed by atoms with E-state index in [1.165, 1.54) is 18.5 Å². The number of epoxide rings is 1. The molecular formula is C37H88N2O10Si4. The van der Waals surface area contributed by atoms with E-state index in [1.54, 1.807) is 0 Å². The summed E-state index contributed by atoms with van der Waals surface area (Å²) in [5.74, 6) is 0. The van der Waals surface area contributed by atoms with Crippen LogP contribution in [0, 0.1) is 0 Å². The quantitative estimate of drug-likeness (QED) is 0.0348. The van der Waals surface area contributed by atoms with Gasteiger partial charge in [0.15, 0.2) is 0 Å². The van der Waals surface area contributed by atoms with Crippen molar-refractivity contribution in [3.63, 3.8) is 0 Å². The molecule has 16 heteroatoms. The monoisotopic (exact) mass is 833 g/mol. The highest BCUT2D eigenvalue weighted by molar-refractivity contribution is 6.76. The van der Waals surface area contributed by atoms with E-state index in [0.29, 0.717) is 65.4 Å². The van der Waals surface area contributed by atoms with Gasteiger partial charge in [-0.1, -0.05) is 51.4 Å². The van der Waals surface area contributed by atoms with Gasteiger partial charge in [0.1, 0.15) is 6.10 Å². The Labute approximate surface area is 331 Å². The topological polar surface area (TPSA) is 145 Å². The van der Waals surface area contributed by atoms with Crippen molar-refractivity contribution >= 4 is 33.8 Å². The van der Waals surface area contributed by atoms with Crippen molar-refractivity contribution in [3.05, 3.63) is 0 Å². The number of nitrogens with one attached hydrogen (secondary N) is 1. The predicted octanol–water partition coefficient (Wildman–Crippen LogP) is 7.02. The van der Waals surface area contributed by atoms with Crippen LogP contribution in [0.2, 0.25) is 63.5 Å². The highest BCUT2D eigenvalue weighted by Gasteiger charge is 2.40. The van der Waals surface area contributed by atoms with Crippen LogP contribution in [0.1, 0.15) is 73.6 Å². The molecule has 0 aromatic heterocycles. The third-order valence-corrected chi connectivity index (χ3v) is 17.8. The zero-order chi connectivity index (χ0) is 40.5. The SMILES string of the molecule is CCO[Si](CCCCNCC(O)COCCC[Si](C)(C)C)(OCC)OCC.CCO[Si](CCCN)(OCC)OCC.C[Si](C)(C)CCCOCC1CO1. The first-order valence-electron chi connectivity index (χ1n) is 20.8. The second-order valence-corrected chi connectivity index (χ2v) is 32.3. The molecular weight excluding hydrogens is 745 g/mol. The highest BCUT2D eigenvalue weighted by atomic mass is 28.4. The van der Waals surface area contributed by atoms with E-state index in [2.05, 4.69) is 44.6 Å². The molecule has 2 atom stereocenters. The zero-order valence-corrected chi connectivity index (χ0v) is 40.6. The number of nitrogens with two attached hydrogens (primary N) is 1. The molecule has 0 saturated carbocycles. The summed E-state index contributed by atoms with van der Waals surface area (Å²) in [6.45, 7) is 35.8. The summed E-state index contributed by atoms with van der Waals surface area (Å²) in [6.07, 6.45) is 5.20. The molecule has 53 heavy (non-hydrogen) atoms. The molecule has 322 valence electrons. The number of rotatable bonds is 34. The summed E-state index contributed by atoms with van der Waals surface area (Å²) >= 11 is 0.